The molecule has 2 atom stereocenters. The van der Waals surface area contributed by atoms with Gasteiger partial charge < -0.3 is 23.8 Å². The number of carbonyl (C=O) groups excluding carboxylic acids is 1. The van der Waals surface area contributed by atoms with Crippen molar-refractivity contribution < 1.29 is 33.2 Å². The minimum Gasteiger partial charge on any atom is -0.460 e. The SMILES string of the molecule is CCCCCCCCCCCCCCCOCC(COP(=O)(O)CC[NH+](C)C)OC=O. The molecule has 0 amide bonds. The molecule has 0 radical (unpaired) electrons. The van der Waals surface area contributed by atoms with Crippen molar-refractivity contribution in [3.63, 3.8) is 0 Å². The average molecular weight is 467 g/mol. The van der Waals surface area contributed by atoms with Crippen LogP contribution in [0.1, 0.15) is 90.4 Å². The van der Waals surface area contributed by atoms with Gasteiger partial charge >= 0.3 is 7.60 Å². The van der Waals surface area contributed by atoms with Crippen LogP contribution >= 0.6 is 7.60 Å². The van der Waals surface area contributed by atoms with Gasteiger partial charge in [-0.2, -0.15) is 0 Å². The number of hydrogen-bond acceptors (Lipinski definition) is 5. The van der Waals surface area contributed by atoms with E-state index in [1.165, 1.54) is 70.6 Å². The van der Waals surface area contributed by atoms with Gasteiger partial charge in [0.2, 0.25) is 0 Å². The second-order valence-electron chi connectivity index (χ2n) is 8.79. The van der Waals surface area contributed by atoms with E-state index >= 15 is 0 Å². The van der Waals surface area contributed by atoms with Gasteiger partial charge in [-0.25, -0.2) is 0 Å². The summed E-state index contributed by atoms with van der Waals surface area (Å²) in [6, 6.07) is 0. The Balaban J connectivity index is 3.60. The molecule has 0 saturated heterocycles. The van der Waals surface area contributed by atoms with Crippen LogP contribution in [-0.4, -0.2) is 64.1 Å². The summed E-state index contributed by atoms with van der Waals surface area (Å²) >= 11 is 0. The van der Waals surface area contributed by atoms with E-state index in [0.29, 0.717) is 19.6 Å². The summed E-state index contributed by atoms with van der Waals surface area (Å²) in [6.07, 6.45) is 16.3. The van der Waals surface area contributed by atoms with Crippen LogP contribution in [0.4, 0.5) is 0 Å². The van der Waals surface area contributed by atoms with E-state index in [1.807, 2.05) is 14.1 Å². The van der Waals surface area contributed by atoms with E-state index < -0.39 is 13.7 Å². The molecule has 0 bridgehead atoms. The molecule has 0 spiro atoms. The first-order valence-corrected chi connectivity index (χ1v) is 14.1. The molecule has 2 N–H and O–H groups in total. The predicted molar refractivity (Wildman–Crippen MR) is 126 cm³/mol. The van der Waals surface area contributed by atoms with E-state index in [0.717, 1.165) is 17.7 Å². The Morgan fingerprint density at radius 3 is 1.87 bits per heavy atom. The van der Waals surface area contributed by atoms with Crippen LogP contribution in [0.15, 0.2) is 0 Å². The van der Waals surface area contributed by atoms with Crippen molar-refractivity contribution >= 4 is 14.1 Å². The quantitative estimate of drug-likeness (QED) is 0.127. The standard InChI is InChI=1S/C23H48NO6P/c1-4-5-6-7-8-9-10-11-12-13-14-15-16-18-28-20-23(29-22-25)21-30-31(26,27)19-17-24(2)3/h22-23H,4-21H2,1-3H3,(H,26,27)/p+1. The summed E-state index contributed by atoms with van der Waals surface area (Å²) in [4.78, 5) is 21.5. The van der Waals surface area contributed by atoms with Gasteiger partial charge in [-0.1, -0.05) is 84.0 Å². The molecule has 0 aromatic rings. The van der Waals surface area contributed by atoms with Crippen LogP contribution in [0.3, 0.4) is 0 Å². The van der Waals surface area contributed by atoms with Crippen LogP contribution in [-0.2, 0) is 23.4 Å². The molecule has 186 valence electrons. The van der Waals surface area contributed by atoms with Crippen molar-refractivity contribution in [2.45, 2.75) is 96.5 Å². The fourth-order valence-electron chi connectivity index (χ4n) is 3.27. The van der Waals surface area contributed by atoms with E-state index in [-0.39, 0.29) is 19.4 Å². The maximum absolute atomic E-state index is 12.0. The first-order chi connectivity index (χ1) is 14.9. The zero-order valence-corrected chi connectivity index (χ0v) is 21.2. The van der Waals surface area contributed by atoms with Crippen LogP contribution in [0, 0.1) is 0 Å². The summed E-state index contributed by atoms with van der Waals surface area (Å²) in [5.41, 5.74) is 0. The number of hydrogen-bond donors (Lipinski definition) is 2. The molecule has 8 heteroatoms. The number of carbonyl (C=O) groups is 1. The number of rotatable bonds is 24. The predicted octanol–water partition coefficient (Wildman–Crippen LogP) is 3.98. The van der Waals surface area contributed by atoms with Crippen molar-refractivity contribution in [1.29, 1.82) is 0 Å². The molecule has 0 aromatic heterocycles. The van der Waals surface area contributed by atoms with Gasteiger partial charge in [-0.3, -0.25) is 9.36 Å². The molecule has 31 heavy (non-hydrogen) atoms. The minimum absolute atomic E-state index is 0.0724. The molecular weight excluding hydrogens is 417 g/mol. The summed E-state index contributed by atoms with van der Waals surface area (Å²) in [7, 11) is 0.140. The molecule has 0 saturated carbocycles. The Morgan fingerprint density at radius 2 is 1.39 bits per heavy atom. The highest BCUT2D eigenvalue weighted by atomic mass is 31.2. The summed E-state index contributed by atoms with van der Waals surface area (Å²) in [5, 5.41) is 0. The second-order valence-corrected chi connectivity index (χ2v) is 10.8. The molecule has 0 fully saturated rings. The maximum Gasteiger partial charge on any atom is 0.333 e. The zero-order valence-electron chi connectivity index (χ0n) is 20.3. The lowest BCUT2D eigenvalue weighted by Gasteiger charge is -2.18. The molecule has 0 rings (SSSR count). The Hall–Kier alpha value is -0.460. The van der Waals surface area contributed by atoms with Crippen molar-refractivity contribution in [3.05, 3.63) is 0 Å². The third-order valence-electron chi connectivity index (χ3n) is 5.30. The fraction of sp³-hybridized carbons (Fsp3) is 0.957. The smallest absolute Gasteiger partial charge is 0.333 e. The highest BCUT2D eigenvalue weighted by Crippen LogP contribution is 2.40. The van der Waals surface area contributed by atoms with Crippen LogP contribution in [0.25, 0.3) is 0 Å². The lowest BCUT2D eigenvalue weighted by Crippen LogP contribution is -3.06. The van der Waals surface area contributed by atoms with Crippen LogP contribution in [0.5, 0.6) is 0 Å². The summed E-state index contributed by atoms with van der Waals surface area (Å²) in [6.45, 7) is 3.76. The normalized spacial score (nSPS) is 14.5. The van der Waals surface area contributed by atoms with Gasteiger partial charge in [0, 0.05) is 6.61 Å². The molecule has 0 aliphatic heterocycles. The van der Waals surface area contributed by atoms with Crippen molar-refractivity contribution in [3.8, 4) is 0 Å². The third-order valence-corrected chi connectivity index (χ3v) is 6.64. The summed E-state index contributed by atoms with van der Waals surface area (Å²) < 4.78 is 27.6. The van der Waals surface area contributed by atoms with Gasteiger partial charge in [0.1, 0.15) is 6.10 Å². The third kappa shape index (κ3) is 22.5. The fourth-order valence-corrected chi connectivity index (χ4v) is 4.53. The highest BCUT2D eigenvalue weighted by molar-refractivity contribution is 7.52. The Kier molecular flexibility index (Phi) is 21.1. The molecule has 7 nitrogen and oxygen atoms in total. The highest BCUT2D eigenvalue weighted by Gasteiger charge is 2.23. The number of nitrogens with one attached hydrogen (secondary N) is 1. The van der Waals surface area contributed by atoms with Gasteiger partial charge in [-0.15, -0.1) is 0 Å². The van der Waals surface area contributed by atoms with E-state index in [9.17, 15) is 14.3 Å². The van der Waals surface area contributed by atoms with Crippen LogP contribution < -0.4 is 4.90 Å². The Labute approximate surface area is 190 Å². The average Bonchev–Trinajstić information content (AvgIpc) is 2.73. The number of quaternary nitrogens is 1. The minimum atomic E-state index is -3.67. The van der Waals surface area contributed by atoms with Gasteiger partial charge in [0.25, 0.3) is 6.47 Å². The lowest BCUT2D eigenvalue weighted by atomic mass is 10.0. The molecule has 0 aliphatic rings. The molecular formula is C23H49NO6P+. The first kappa shape index (κ1) is 30.5. The van der Waals surface area contributed by atoms with Crippen molar-refractivity contribution in [1.82, 2.24) is 0 Å². The Bertz CT molecular complexity index is 450. The van der Waals surface area contributed by atoms with Gasteiger partial charge in [0.15, 0.2) is 0 Å². The molecule has 0 heterocycles. The maximum atomic E-state index is 12.0. The van der Waals surface area contributed by atoms with Crippen LogP contribution in [0.2, 0.25) is 0 Å². The topological polar surface area (TPSA) is 86.5 Å². The molecule has 2 unspecified atom stereocenters. The number of ether oxygens (including phenoxy) is 2. The van der Waals surface area contributed by atoms with Crippen molar-refractivity contribution in [2.24, 2.45) is 0 Å². The van der Waals surface area contributed by atoms with E-state index in [4.69, 9.17) is 14.0 Å². The van der Waals surface area contributed by atoms with Gasteiger partial charge in [0.05, 0.1) is 40.0 Å². The zero-order chi connectivity index (χ0) is 23.2. The Morgan fingerprint density at radius 1 is 0.871 bits per heavy atom. The monoisotopic (exact) mass is 466 g/mol. The first-order valence-electron chi connectivity index (χ1n) is 12.3. The largest absolute Gasteiger partial charge is 0.460 e. The van der Waals surface area contributed by atoms with E-state index in [1.54, 1.807) is 0 Å². The van der Waals surface area contributed by atoms with Gasteiger partial charge in [-0.05, 0) is 6.42 Å². The second kappa shape index (κ2) is 21.4. The molecule has 0 aliphatic carbocycles. The lowest BCUT2D eigenvalue weighted by molar-refractivity contribution is -0.855. The van der Waals surface area contributed by atoms with E-state index in [2.05, 4.69) is 6.92 Å². The molecule has 0 aromatic carbocycles. The summed E-state index contributed by atoms with van der Waals surface area (Å²) in [5.74, 6) is 0. The van der Waals surface area contributed by atoms with Crippen molar-refractivity contribution in [2.75, 3.05) is 46.6 Å². The number of unbranched alkanes of at least 4 members (excludes halogenated alkanes) is 12.